The Morgan fingerprint density at radius 2 is 1.90 bits per heavy atom. The molecule has 1 N–H and O–H groups in total. The van der Waals surface area contributed by atoms with E-state index in [0.29, 0.717) is 28.6 Å². The number of amides is 1. The molecule has 1 aromatic heterocycles. The lowest BCUT2D eigenvalue weighted by atomic mass is 10.1. The first kappa shape index (κ1) is 20.6. The van der Waals surface area contributed by atoms with Gasteiger partial charge in [-0.1, -0.05) is 48.4 Å². The normalized spacial score (nSPS) is 11.7. The summed E-state index contributed by atoms with van der Waals surface area (Å²) in [6, 6.07) is 15.1. The Labute approximate surface area is 174 Å². The monoisotopic (exact) mass is 411 g/mol. The molecule has 0 unspecified atom stereocenters. The Bertz CT molecular complexity index is 1080. The highest BCUT2D eigenvalue weighted by Gasteiger charge is 2.22. The van der Waals surface area contributed by atoms with Crippen LogP contribution >= 0.6 is 11.6 Å². The van der Waals surface area contributed by atoms with Gasteiger partial charge in [-0.3, -0.25) is 9.59 Å². The van der Waals surface area contributed by atoms with Gasteiger partial charge in [-0.15, -0.1) is 0 Å². The molecule has 7 heteroatoms. The Hall–Kier alpha value is -3.12. The van der Waals surface area contributed by atoms with Gasteiger partial charge >= 0.3 is 0 Å². The van der Waals surface area contributed by atoms with Crippen molar-refractivity contribution in [2.24, 2.45) is 0 Å². The van der Waals surface area contributed by atoms with Crippen LogP contribution in [-0.2, 0) is 4.79 Å². The highest BCUT2D eigenvalue weighted by molar-refractivity contribution is 6.32. The van der Waals surface area contributed by atoms with Crippen LogP contribution in [0.25, 0.3) is 11.3 Å². The van der Waals surface area contributed by atoms with E-state index in [1.54, 1.807) is 24.3 Å². The molecule has 0 bridgehead atoms. The van der Waals surface area contributed by atoms with Crippen LogP contribution in [-0.4, -0.2) is 22.8 Å². The molecule has 3 aromatic rings. The van der Waals surface area contributed by atoms with Crippen LogP contribution in [0.2, 0.25) is 5.02 Å². The number of halogens is 1. The zero-order chi connectivity index (χ0) is 21.0. The zero-order valence-electron chi connectivity index (χ0n) is 16.5. The lowest BCUT2D eigenvalue weighted by Crippen LogP contribution is -2.34. The number of hydrogen-bond donors (Lipinski definition) is 1. The van der Waals surface area contributed by atoms with Crippen molar-refractivity contribution < 1.29 is 9.53 Å². The summed E-state index contributed by atoms with van der Waals surface area (Å²) in [7, 11) is 1.52. The number of nitrogens with zero attached hydrogens (tertiary/aromatic N) is 2. The van der Waals surface area contributed by atoms with Crippen molar-refractivity contribution in [3.05, 3.63) is 75.5 Å². The third kappa shape index (κ3) is 4.66. The molecular formula is C22H22ClN3O3. The average molecular weight is 412 g/mol. The number of carbonyl (C=O) groups excluding carboxylic acids is 1. The van der Waals surface area contributed by atoms with Crippen LogP contribution in [0.1, 0.15) is 24.9 Å². The number of rotatable bonds is 6. The van der Waals surface area contributed by atoms with Crippen molar-refractivity contribution in [3.8, 4) is 17.0 Å². The van der Waals surface area contributed by atoms with E-state index in [-0.39, 0.29) is 11.5 Å². The average Bonchev–Trinajstić information content (AvgIpc) is 2.71. The number of aromatic nitrogens is 2. The summed E-state index contributed by atoms with van der Waals surface area (Å²) in [6.45, 7) is 3.83. The Morgan fingerprint density at radius 3 is 2.52 bits per heavy atom. The third-order valence-corrected chi connectivity index (χ3v) is 4.87. The van der Waals surface area contributed by atoms with Crippen molar-refractivity contribution in [1.29, 1.82) is 0 Å². The number of nitrogens with one attached hydrogen (secondary N) is 1. The summed E-state index contributed by atoms with van der Waals surface area (Å²) in [4.78, 5) is 25.3. The standard InChI is InChI=1S/C22H22ClN3O3/c1-4-19(22(28)24-16-9-11-20(29-3)17(23)13-16)26-21(27)12-10-18(25-26)15-7-5-14(2)6-8-15/h5-13,19H,4H2,1-3H3,(H,24,28)/t19-/m0/s1. The number of carbonyl (C=O) groups is 1. The van der Waals surface area contributed by atoms with Crippen molar-refractivity contribution in [3.63, 3.8) is 0 Å². The van der Waals surface area contributed by atoms with Gasteiger partial charge in [-0.05, 0) is 37.6 Å². The summed E-state index contributed by atoms with van der Waals surface area (Å²) < 4.78 is 6.35. The summed E-state index contributed by atoms with van der Waals surface area (Å²) in [5.74, 6) is 0.171. The summed E-state index contributed by atoms with van der Waals surface area (Å²) in [5.41, 5.74) is 2.81. The minimum absolute atomic E-state index is 0.337. The van der Waals surface area contributed by atoms with Crippen molar-refractivity contribution in [1.82, 2.24) is 9.78 Å². The molecule has 6 nitrogen and oxygen atoms in total. The second kappa shape index (κ2) is 8.92. The van der Waals surface area contributed by atoms with E-state index in [2.05, 4.69) is 10.4 Å². The molecule has 0 spiro atoms. The predicted molar refractivity (Wildman–Crippen MR) is 115 cm³/mol. The molecule has 1 heterocycles. The predicted octanol–water partition coefficient (Wildman–Crippen LogP) is 4.47. The lowest BCUT2D eigenvalue weighted by molar-refractivity contribution is -0.119. The lowest BCUT2D eigenvalue weighted by Gasteiger charge is -2.18. The molecule has 0 saturated carbocycles. The first-order valence-electron chi connectivity index (χ1n) is 9.24. The number of ether oxygens (including phenoxy) is 1. The second-order valence-corrected chi connectivity index (χ2v) is 7.04. The van der Waals surface area contributed by atoms with Crippen LogP contribution in [0.3, 0.4) is 0 Å². The zero-order valence-corrected chi connectivity index (χ0v) is 17.2. The van der Waals surface area contributed by atoms with E-state index >= 15 is 0 Å². The Morgan fingerprint density at radius 1 is 1.17 bits per heavy atom. The fourth-order valence-electron chi connectivity index (χ4n) is 2.97. The van der Waals surface area contributed by atoms with E-state index < -0.39 is 6.04 Å². The van der Waals surface area contributed by atoms with Crippen LogP contribution < -0.4 is 15.6 Å². The Balaban J connectivity index is 1.89. The van der Waals surface area contributed by atoms with Crippen molar-refractivity contribution >= 4 is 23.2 Å². The number of benzene rings is 2. The van der Waals surface area contributed by atoms with Crippen LogP contribution in [0.15, 0.2) is 59.4 Å². The van der Waals surface area contributed by atoms with Gasteiger partial charge in [0.1, 0.15) is 11.8 Å². The van der Waals surface area contributed by atoms with Crippen LogP contribution in [0.4, 0.5) is 5.69 Å². The molecular weight excluding hydrogens is 390 g/mol. The highest BCUT2D eigenvalue weighted by atomic mass is 35.5. The van der Waals surface area contributed by atoms with Crippen LogP contribution in [0.5, 0.6) is 5.75 Å². The minimum Gasteiger partial charge on any atom is -0.495 e. The third-order valence-electron chi connectivity index (χ3n) is 4.58. The quantitative estimate of drug-likeness (QED) is 0.649. The molecule has 29 heavy (non-hydrogen) atoms. The van der Waals surface area contributed by atoms with Crippen LogP contribution in [0, 0.1) is 6.92 Å². The van der Waals surface area contributed by atoms with Gasteiger partial charge in [0.25, 0.3) is 5.56 Å². The maximum absolute atomic E-state index is 12.9. The SMILES string of the molecule is CC[C@@H](C(=O)Nc1ccc(OC)c(Cl)c1)n1nc(-c2ccc(C)cc2)ccc1=O. The van der Waals surface area contributed by atoms with Gasteiger partial charge in [0.15, 0.2) is 0 Å². The topological polar surface area (TPSA) is 73.2 Å². The molecule has 3 rings (SSSR count). The van der Waals surface area contributed by atoms with E-state index in [1.807, 2.05) is 38.1 Å². The first-order chi connectivity index (χ1) is 13.9. The maximum atomic E-state index is 12.9. The molecule has 1 amide bonds. The first-order valence-corrected chi connectivity index (χ1v) is 9.62. The molecule has 0 aliphatic heterocycles. The molecule has 0 fully saturated rings. The highest BCUT2D eigenvalue weighted by Crippen LogP contribution is 2.27. The molecule has 0 radical (unpaired) electrons. The molecule has 150 valence electrons. The van der Waals surface area contributed by atoms with E-state index in [0.717, 1.165) is 11.1 Å². The van der Waals surface area contributed by atoms with E-state index in [1.165, 1.54) is 17.9 Å². The number of hydrogen-bond acceptors (Lipinski definition) is 4. The number of aryl methyl sites for hydroxylation is 1. The van der Waals surface area contributed by atoms with Crippen molar-refractivity contribution in [2.75, 3.05) is 12.4 Å². The van der Waals surface area contributed by atoms with Gasteiger partial charge in [-0.25, -0.2) is 4.68 Å². The number of methoxy groups -OCH3 is 1. The molecule has 1 atom stereocenters. The fourth-order valence-corrected chi connectivity index (χ4v) is 3.22. The Kier molecular flexibility index (Phi) is 6.34. The minimum atomic E-state index is -0.756. The summed E-state index contributed by atoms with van der Waals surface area (Å²) in [5, 5.41) is 7.63. The van der Waals surface area contributed by atoms with Gasteiger partial charge in [0.2, 0.25) is 5.91 Å². The summed E-state index contributed by atoms with van der Waals surface area (Å²) in [6.07, 6.45) is 0.403. The van der Waals surface area contributed by atoms with Crippen molar-refractivity contribution in [2.45, 2.75) is 26.3 Å². The van der Waals surface area contributed by atoms with Gasteiger partial charge in [0, 0.05) is 17.3 Å². The second-order valence-electron chi connectivity index (χ2n) is 6.63. The molecule has 0 aliphatic rings. The van der Waals surface area contributed by atoms with E-state index in [9.17, 15) is 9.59 Å². The molecule has 0 aliphatic carbocycles. The smallest absolute Gasteiger partial charge is 0.267 e. The molecule has 0 saturated heterocycles. The van der Waals surface area contributed by atoms with Gasteiger partial charge in [-0.2, -0.15) is 5.10 Å². The van der Waals surface area contributed by atoms with Gasteiger partial charge in [0.05, 0.1) is 17.8 Å². The largest absolute Gasteiger partial charge is 0.495 e. The fraction of sp³-hybridized carbons (Fsp3) is 0.227. The van der Waals surface area contributed by atoms with E-state index in [4.69, 9.17) is 16.3 Å². The number of anilines is 1. The maximum Gasteiger partial charge on any atom is 0.267 e. The summed E-state index contributed by atoms with van der Waals surface area (Å²) >= 11 is 6.12. The van der Waals surface area contributed by atoms with Gasteiger partial charge < -0.3 is 10.1 Å². The molecule has 2 aromatic carbocycles.